The number of amides is 4. The number of aryl methyl sites for hydroxylation is 1. The molecule has 1 aromatic heterocycles. The van der Waals surface area contributed by atoms with Crippen molar-refractivity contribution in [1.82, 2.24) is 14.8 Å². The number of imide groups is 2. The summed E-state index contributed by atoms with van der Waals surface area (Å²) in [5, 5.41) is 2.12. The summed E-state index contributed by atoms with van der Waals surface area (Å²) >= 11 is 0. The Kier molecular flexibility index (Phi) is 3.01. The van der Waals surface area contributed by atoms with Crippen LogP contribution in [0.25, 0.3) is 6.08 Å². The molecule has 1 N–H and O–H groups in total. The number of barbiturate groups is 1. The molecule has 0 atom stereocenters. The predicted octanol–water partition coefficient (Wildman–Crippen LogP) is 0.734. The lowest BCUT2D eigenvalue weighted by Gasteiger charge is -2.22. The summed E-state index contributed by atoms with van der Waals surface area (Å²) < 4.78 is 1.96. The fourth-order valence-corrected chi connectivity index (χ4v) is 1.93. The molecule has 4 amide bonds. The first kappa shape index (κ1) is 13.1. The molecule has 6 heteroatoms. The molecule has 1 saturated heterocycles. The number of nitrogens with zero attached hydrogens (tertiary/aromatic N) is 2. The Hall–Kier alpha value is -2.37. The highest BCUT2D eigenvalue weighted by Gasteiger charge is 2.33. The number of carbonyl (C=O) groups excluding carboxylic acids is 3. The number of rotatable bonds is 1. The summed E-state index contributed by atoms with van der Waals surface area (Å²) in [6.07, 6.45) is 1.52. The molecule has 2 rings (SSSR count). The summed E-state index contributed by atoms with van der Waals surface area (Å²) in [6, 6.07) is 1.19. The largest absolute Gasteiger partial charge is 0.352 e. The molecule has 19 heavy (non-hydrogen) atoms. The average molecular weight is 261 g/mol. The normalized spacial score (nSPS) is 18.2. The van der Waals surface area contributed by atoms with Crippen LogP contribution in [-0.4, -0.2) is 34.4 Å². The van der Waals surface area contributed by atoms with Crippen LogP contribution >= 0.6 is 0 Å². The van der Waals surface area contributed by atoms with Crippen LogP contribution in [0.5, 0.6) is 0 Å². The topological polar surface area (TPSA) is 71.4 Å². The monoisotopic (exact) mass is 261 g/mol. The average Bonchev–Trinajstić information content (AvgIpc) is 2.59. The van der Waals surface area contributed by atoms with Gasteiger partial charge >= 0.3 is 6.03 Å². The first-order valence-electron chi connectivity index (χ1n) is 5.81. The number of hydrogen-bond donors (Lipinski definition) is 1. The summed E-state index contributed by atoms with van der Waals surface area (Å²) in [5.41, 5.74) is 2.74. The number of carbonyl (C=O) groups is 3. The van der Waals surface area contributed by atoms with E-state index in [1.165, 1.54) is 13.1 Å². The van der Waals surface area contributed by atoms with Crippen LogP contribution in [0.1, 0.15) is 17.0 Å². The predicted molar refractivity (Wildman–Crippen MR) is 69.2 cm³/mol. The number of hydrogen-bond acceptors (Lipinski definition) is 3. The minimum atomic E-state index is -0.701. The molecule has 0 saturated carbocycles. The van der Waals surface area contributed by atoms with E-state index < -0.39 is 17.8 Å². The number of nitrogens with one attached hydrogen (secondary N) is 1. The molecule has 0 spiro atoms. The molecule has 2 heterocycles. The zero-order valence-corrected chi connectivity index (χ0v) is 11.3. The third-order valence-electron chi connectivity index (χ3n) is 3.42. The summed E-state index contributed by atoms with van der Waals surface area (Å²) in [4.78, 5) is 35.8. The van der Waals surface area contributed by atoms with Gasteiger partial charge in [-0.1, -0.05) is 0 Å². The van der Waals surface area contributed by atoms with Crippen LogP contribution in [0.15, 0.2) is 11.6 Å². The maximum Gasteiger partial charge on any atom is 0.331 e. The Bertz CT molecular complexity index is 625. The highest BCUT2D eigenvalue weighted by molar-refractivity contribution is 6.30. The van der Waals surface area contributed by atoms with Crippen molar-refractivity contribution < 1.29 is 14.4 Å². The van der Waals surface area contributed by atoms with Gasteiger partial charge in [0, 0.05) is 25.5 Å². The fraction of sp³-hybridized carbons (Fsp3) is 0.308. The van der Waals surface area contributed by atoms with Gasteiger partial charge in [-0.2, -0.15) is 0 Å². The van der Waals surface area contributed by atoms with Crippen molar-refractivity contribution in [3.8, 4) is 0 Å². The van der Waals surface area contributed by atoms with Gasteiger partial charge in [0.2, 0.25) is 0 Å². The second kappa shape index (κ2) is 4.38. The van der Waals surface area contributed by atoms with E-state index in [1.807, 2.05) is 31.5 Å². The highest BCUT2D eigenvalue weighted by atomic mass is 16.2. The van der Waals surface area contributed by atoms with Gasteiger partial charge < -0.3 is 4.57 Å². The van der Waals surface area contributed by atoms with Crippen LogP contribution in [-0.2, 0) is 16.6 Å². The van der Waals surface area contributed by atoms with Gasteiger partial charge in [0.25, 0.3) is 11.8 Å². The van der Waals surface area contributed by atoms with Crippen molar-refractivity contribution in [2.24, 2.45) is 7.05 Å². The molecule has 1 aliphatic heterocycles. The molecule has 6 nitrogen and oxygen atoms in total. The molecule has 0 unspecified atom stereocenters. The van der Waals surface area contributed by atoms with Crippen molar-refractivity contribution in [2.75, 3.05) is 7.05 Å². The second-order valence-corrected chi connectivity index (χ2v) is 4.57. The van der Waals surface area contributed by atoms with Gasteiger partial charge in [-0.15, -0.1) is 0 Å². The van der Waals surface area contributed by atoms with Gasteiger partial charge in [0.05, 0.1) is 0 Å². The lowest BCUT2D eigenvalue weighted by molar-refractivity contribution is -0.129. The van der Waals surface area contributed by atoms with Crippen molar-refractivity contribution in [3.05, 3.63) is 28.6 Å². The van der Waals surface area contributed by atoms with E-state index in [9.17, 15) is 14.4 Å². The van der Waals surface area contributed by atoms with Crippen LogP contribution in [0.3, 0.4) is 0 Å². The van der Waals surface area contributed by atoms with Crippen molar-refractivity contribution >= 4 is 23.9 Å². The number of aromatic nitrogens is 1. The Balaban J connectivity index is 2.47. The van der Waals surface area contributed by atoms with E-state index in [0.717, 1.165) is 21.9 Å². The quantitative estimate of drug-likeness (QED) is 0.598. The van der Waals surface area contributed by atoms with E-state index >= 15 is 0 Å². The fourth-order valence-electron chi connectivity index (χ4n) is 1.93. The minimum absolute atomic E-state index is 0.0317. The lowest BCUT2D eigenvalue weighted by Crippen LogP contribution is -2.52. The molecule has 0 aromatic carbocycles. The molecular weight excluding hydrogens is 246 g/mol. The third kappa shape index (κ3) is 2.05. The zero-order valence-electron chi connectivity index (χ0n) is 11.3. The van der Waals surface area contributed by atoms with Crippen molar-refractivity contribution in [1.29, 1.82) is 0 Å². The molecule has 1 fully saturated rings. The first-order chi connectivity index (χ1) is 8.82. The third-order valence-corrected chi connectivity index (χ3v) is 3.42. The van der Waals surface area contributed by atoms with Crippen LogP contribution in [0, 0.1) is 13.8 Å². The number of urea groups is 1. The molecule has 0 aliphatic carbocycles. The SMILES string of the molecule is Cc1cc(/C=C2\C(=O)NC(=O)N(C)C2=O)c(C)n1C. The summed E-state index contributed by atoms with van der Waals surface area (Å²) in [5.74, 6) is -1.25. The second-order valence-electron chi connectivity index (χ2n) is 4.57. The van der Waals surface area contributed by atoms with E-state index in [0.29, 0.717) is 0 Å². The maximum absolute atomic E-state index is 11.9. The molecule has 100 valence electrons. The Morgan fingerprint density at radius 2 is 1.79 bits per heavy atom. The van der Waals surface area contributed by atoms with Crippen LogP contribution in [0.2, 0.25) is 0 Å². The lowest BCUT2D eigenvalue weighted by atomic mass is 10.1. The van der Waals surface area contributed by atoms with E-state index in [1.54, 1.807) is 0 Å². The van der Waals surface area contributed by atoms with Crippen molar-refractivity contribution in [2.45, 2.75) is 13.8 Å². The minimum Gasteiger partial charge on any atom is -0.352 e. The van der Waals surface area contributed by atoms with Gasteiger partial charge in [0.1, 0.15) is 5.57 Å². The highest BCUT2D eigenvalue weighted by Crippen LogP contribution is 2.19. The zero-order chi connectivity index (χ0) is 14.3. The standard InChI is InChI=1S/C13H15N3O3/c1-7-5-9(8(2)15(7)3)6-10-11(17)14-13(19)16(4)12(10)18/h5-6H,1-4H3,(H,14,17,19)/b10-6+. The van der Waals surface area contributed by atoms with Gasteiger partial charge in [-0.05, 0) is 31.6 Å². The Morgan fingerprint density at radius 1 is 1.16 bits per heavy atom. The van der Waals surface area contributed by atoms with E-state index in [2.05, 4.69) is 5.32 Å². The summed E-state index contributed by atoms with van der Waals surface area (Å²) in [6.45, 7) is 3.84. The molecule has 1 aliphatic rings. The van der Waals surface area contributed by atoms with E-state index in [-0.39, 0.29) is 5.57 Å². The smallest absolute Gasteiger partial charge is 0.331 e. The first-order valence-corrected chi connectivity index (χ1v) is 5.81. The summed E-state index contributed by atoms with van der Waals surface area (Å²) in [7, 11) is 3.24. The molecule has 0 bridgehead atoms. The van der Waals surface area contributed by atoms with Crippen molar-refractivity contribution in [3.63, 3.8) is 0 Å². The Labute approximate surface area is 110 Å². The van der Waals surface area contributed by atoms with E-state index in [4.69, 9.17) is 0 Å². The molecule has 1 aromatic rings. The Morgan fingerprint density at radius 3 is 2.32 bits per heavy atom. The molecule has 0 radical (unpaired) electrons. The van der Waals surface area contributed by atoms with Gasteiger partial charge in [-0.3, -0.25) is 19.8 Å². The van der Waals surface area contributed by atoms with Crippen LogP contribution in [0.4, 0.5) is 4.79 Å². The maximum atomic E-state index is 11.9. The van der Waals surface area contributed by atoms with Gasteiger partial charge in [0.15, 0.2) is 0 Å². The van der Waals surface area contributed by atoms with Gasteiger partial charge in [-0.25, -0.2) is 4.79 Å². The van der Waals surface area contributed by atoms with Crippen LogP contribution < -0.4 is 5.32 Å². The number of likely N-dealkylation sites (N-methyl/N-ethyl adjacent to an activating group) is 1. The molecular formula is C13H15N3O3.